The van der Waals surface area contributed by atoms with Crippen LogP contribution in [0.3, 0.4) is 0 Å². The first-order valence-corrected chi connectivity index (χ1v) is 3.17. The van der Waals surface area contributed by atoms with E-state index in [1.165, 1.54) is 18.3 Å². The lowest BCUT2D eigenvalue weighted by Gasteiger charge is -1.95. The molecule has 0 aliphatic rings. The third kappa shape index (κ3) is 2.04. The van der Waals surface area contributed by atoms with Gasteiger partial charge in [0.05, 0.1) is 6.21 Å². The van der Waals surface area contributed by atoms with Crippen LogP contribution in [0.4, 0.5) is 4.39 Å². The Kier molecular flexibility index (Phi) is 2.21. The fraction of sp³-hybridized carbons (Fsp3) is 0.125. The van der Waals surface area contributed by atoms with Gasteiger partial charge < -0.3 is 5.21 Å². The van der Waals surface area contributed by atoms with Gasteiger partial charge in [0.1, 0.15) is 5.82 Å². The predicted molar refractivity (Wildman–Crippen MR) is 40.5 cm³/mol. The van der Waals surface area contributed by atoms with E-state index in [1.807, 2.05) is 0 Å². The maximum atomic E-state index is 12.6. The first-order valence-electron chi connectivity index (χ1n) is 3.17. The van der Waals surface area contributed by atoms with Crippen LogP contribution < -0.4 is 0 Å². The van der Waals surface area contributed by atoms with Crippen LogP contribution in [0.25, 0.3) is 0 Å². The lowest BCUT2D eigenvalue weighted by Crippen LogP contribution is -1.85. The molecule has 3 heteroatoms. The number of aryl methyl sites for hydroxylation is 1. The molecule has 0 aliphatic carbocycles. The third-order valence-electron chi connectivity index (χ3n) is 1.27. The van der Waals surface area contributed by atoms with Gasteiger partial charge >= 0.3 is 0 Å². The van der Waals surface area contributed by atoms with Gasteiger partial charge in [-0.25, -0.2) is 4.39 Å². The van der Waals surface area contributed by atoms with Crippen LogP contribution in [-0.2, 0) is 0 Å². The van der Waals surface area contributed by atoms with Crippen LogP contribution in [0.1, 0.15) is 11.1 Å². The number of nitrogens with zero attached hydrogens (tertiary/aromatic N) is 1. The SMILES string of the molecule is Cc1cc(F)cc(C=NO)c1. The van der Waals surface area contributed by atoms with Crippen molar-refractivity contribution in [1.29, 1.82) is 0 Å². The van der Waals surface area contributed by atoms with Gasteiger partial charge in [-0.15, -0.1) is 0 Å². The number of hydrogen-bond acceptors (Lipinski definition) is 2. The van der Waals surface area contributed by atoms with Gasteiger partial charge in [-0.3, -0.25) is 0 Å². The monoisotopic (exact) mass is 153 g/mol. The number of halogens is 1. The van der Waals surface area contributed by atoms with Crippen molar-refractivity contribution in [3.05, 3.63) is 35.1 Å². The molecule has 0 heterocycles. The van der Waals surface area contributed by atoms with E-state index < -0.39 is 0 Å². The van der Waals surface area contributed by atoms with Gasteiger partial charge in [-0.2, -0.15) is 0 Å². The molecule has 58 valence electrons. The van der Waals surface area contributed by atoms with E-state index in [0.29, 0.717) is 5.56 Å². The Morgan fingerprint density at radius 3 is 2.73 bits per heavy atom. The number of hydrogen-bond donors (Lipinski definition) is 1. The zero-order valence-corrected chi connectivity index (χ0v) is 6.08. The molecule has 1 N–H and O–H groups in total. The Balaban J connectivity index is 3.08. The minimum absolute atomic E-state index is 0.320. The molecule has 0 bridgehead atoms. The minimum Gasteiger partial charge on any atom is -0.411 e. The molecule has 0 aromatic heterocycles. The molecule has 1 rings (SSSR count). The lowest BCUT2D eigenvalue weighted by atomic mass is 10.1. The standard InChI is InChI=1S/C8H8FNO/c1-6-2-7(5-10-11)4-8(9)3-6/h2-5,11H,1H3. The molecule has 0 radical (unpaired) electrons. The van der Waals surface area contributed by atoms with Crippen LogP contribution in [0.15, 0.2) is 23.4 Å². The van der Waals surface area contributed by atoms with Crippen molar-refractivity contribution in [3.63, 3.8) is 0 Å². The highest BCUT2D eigenvalue weighted by molar-refractivity contribution is 5.79. The molecular formula is C8H8FNO. The smallest absolute Gasteiger partial charge is 0.124 e. The van der Waals surface area contributed by atoms with Crippen molar-refractivity contribution < 1.29 is 9.60 Å². The van der Waals surface area contributed by atoms with Crippen LogP contribution in [0.5, 0.6) is 0 Å². The molecular weight excluding hydrogens is 145 g/mol. The Hall–Kier alpha value is -1.38. The highest BCUT2D eigenvalue weighted by atomic mass is 19.1. The summed E-state index contributed by atoms with van der Waals surface area (Å²) in [6, 6.07) is 4.43. The van der Waals surface area contributed by atoms with Crippen molar-refractivity contribution in [3.8, 4) is 0 Å². The number of benzene rings is 1. The molecule has 0 fully saturated rings. The molecule has 11 heavy (non-hydrogen) atoms. The molecule has 0 spiro atoms. The van der Waals surface area contributed by atoms with Crippen LogP contribution in [0, 0.1) is 12.7 Å². The summed E-state index contributed by atoms with van der Waals surface area (Å²) < 4.78 is 12.6. The summed E-state index contributed by atoms with van der Waals surface area (Å²) in [5, 5.41) is 10.9. The maximum absolute atomic E-state index is 12.6. The van der Waals surface area contributed by atoms with E-state index >= 15 is 0 Å². The van der Waals surface area contributed by atoms with E-state index in [0.717, 1.165) is 5.56 Å². The van der Waals surface area contributed by atoms with Gasteiger partial charge in [0.25, 0.3) is 0 Å². The Morgan fingerprint density at radius 2 is 2.18 bits per heavy atom. The molecule has 0 amide bonds. The van der Waals surface area contributed by atoms with E-state index in [4.69, 9.17) is 5.21 Å². The van der Waals surface area contributed by atoms with Crippen molar-refractivity contribution in [2.75, 3.05) is 0 Å². The molecule has 0 saturated carbocycles. The second kappa shape index (κ2) is 3.14. The van der Waals surface area contributed by atoms with E-state index in [9.17, 15) is 4.39 Å². The second-order valence-corrected chi connectivity index (χ2v) is 2.31. The summed E-state index contributed by atoms with van der Waals surface area (Å²) >= 11 is 0. The van der Waals surface area contributed by atoms with Crippen molar-refractivity contribution in [1.82, 2.24) is 0 Å². The maximum Gasteiger partial charge on any atom is 0.124 e. The zero-order chi connectivity index (χ0) is 8.27. The summed E-state index contributed by atoms with van der Waals surface area (Å²) in [4.78, 5) is 0. The normalized spacial score (nSPS) is 10.7. The van der Waals surface area contributed by atoms with E-state index in [-0.39, 0.29) is 5.82 Å². The van der Waals surface area contributed by atoms with Gasteiger partial charge in [0, 0.05) is 0 Å². The minimum atomic E-state index is -0.320. The van der Waals surface area contributed by atoms with Crippen molar-refractivity contribution in [2.24, 2.45) is 5.16 Å². The van der Waals surface area contributed by atoms with E-state index in [2.05, 4.69) is 5.16 Å². The highest BCUT2D eigenvalue weighted by Gasteiger charge is 1.94. The Morgan fingerprint density at radius 1 is 1.45 bits per heavy atom. The van der Waals surface area contributed by atoms with Gasteiger partial charge in [-0.1, -0.05) is 11.2 Å². The fourth-order valence-corrected chi connectivity index (χ4v) is 0.906. The lowest BCUT2D eigenvalue weighted by molar-refractivity contribution is 0.322. The molecule has 0 unspecified atom stereocenters. The first kappa shape index (κ1) is 7.72. The average molecular weight is 153 g/mol. The summed E-state index contributed by atoms with van der Waals surface area (Å²) in [5.74, 6) is -0.320. The number of rotatable bonds is 1. The largest absolute Gasteiger partial charge is 0.411 e. The van der Waals surface area contributed by atoms with E-state index in [1.54, 1.807) is 13.0 Å². The molecule has 0 atom stereocenters. The summed E-state index contributed by atoms with van der Waals surface area (Å²) in [6.07, 6.45) is 1.19. The molecule has 1 aromatic carbocycles. The average Bonchev–Trinajstić information content (AvgIpc) is 1.85. The predicted octanol–water partition coefficient (Wildman–Crippen LogP) is 1.94. The molecule has 0 saturated heterocycles. The zero-order valence-electron chi connectivity index (χ0n) is 6.08. The van der Waals surface area contributed by atoms with Crippen molar-refractivity contribution in [2.45, 2.75) is 6.92 Å². The second-order valence-electron chi connectivity index (χ2n) is 2.31. The topological polar surface area (TPSA) is 32.6 Å². The first-order chi connectivity index (χ1) is 5.22. The summed E-state index contributed by atoms with van der Waals surface area (Å²) in [6.45, 7) is 1.78. The van der Waals surface area contributed by atoms with Crippen molar-refractivity contribution >= 4 is 6.21 Å². The molecule has 0 aliphatic heterocycles. The van der Waals surface area contributed by atoms with Crippen LogP contribution in [0.2, 0.25) is 0 Å². The quantitative estimate of drug-likeness (QED) is 0.373. The van der Waals surface area contributed by atoms with Gasteiger partial charge in [0.2, 0.25) is 0 Å². The highest BCUT2D eigenvalue weighted by Crippen LogP contribution is 2.05. The summed E-state index contributed by atoms with van der Waals surface area (Å²) in [5.41, 5.74) is 1.37. The summed E-state index contributed by atoms with van der Waals surface area (Å²) in [7, 11) is 0. The van der Waals surface area contributed by atoms with Gasteiger partial charge in [0.15, 0.2) is 0 Å². The molecule has 2 nitrogen and oxygen atoms in total. The number of oxime groups is 1. The Labute approximate surface area is 64.0 Å². The third-order valence-corrected chi connectivity index (χ3v) is 1.27. The Bertz CT molecular complexity index is 263. The fourth-order valence-electron chi connectivity index (χ4n) is 0.906. The molecule has 1 aromatic rings. The van der Waals surface area contributed by atoms with Crippen LogP contribution >= 0.6 is 0 Å². The van der Waals surface area contributed by atoms with Gasteiger partial charge in [-0.05, 0) is 30.2 Å². The van der Waals surface area contributed by atoms with Crippen LogP contribution in [-0.4, -0.2) is 11.4 Å².